The van der Waals surface area contributed by atoms with Crippen LogP contribution in [0.25, 0.3) is 0 Å². The van der Waals surface area contributed by atoms with Gasteiger partial charge in [-0.2, -0.15) is 0 Å². The molecule has 1 fully saturated rings. The van der Waals surface area contributed by atoms with Crippen LogP contribution in [-0.2, 0) is 6.54 Å². The monoisotopic (exact) mass is 253 g/mol. The van der Waals surface area contributed by atoms with E-state index >= 15 is 0 Å². The summed E-state index contributed by atoms with van der Waals surface area (Å²) in [6, 6.07) is 4.74. The lowest BCUT2D eigenvalue weighted by Gasteiger charge is -2.39. The third-order valence-electron chi connectivity index (χ3n) is 4.08. The third-order valence-corrected chi connectivity index (χ3v) is 4.08. The van der Waals surface area contributed by atoms with E-state index in [-0.39, 0.29) is 5.41 Å². The van der Waals surface area contributed by atoms with Gasteiger partial charge in [-0.1, -0.05) is 38.8 Å². The van der Waals surface area contributed by atoms with E-state index in [4.69, 9.17) is 0 Å². The Labute approximate surface area is 108 Å². The molecule has 0 heterocycles. The lowest BCUT2D eigenvalue weighted by molar-refractivity contribution is 0.166. The Morgan fingerprint density at radius 2 is 2.06 bits per heavy atom. The second kappa shape index (κ2) is 5.35. The topological polar surface area (TPSA) is 12.0 Å². The van der Waals surface area contributed by atoms with Crippen molar-refractivity contribution in [2.24, 2.45) is 5.41 Å². The van der Waals surface area contributed by atoms with Gasteiger partial charge in [0.2, 0.25) is 0 Å². The molecule has 0 bridgehead atoms. The lowest BCUT2D eigenvalue weighted by Crippen LogP contribution is -2.43. The number of hydrogen-bond acceptors (Lipinski definition) is 1. The predicted octanol–water partition coefficient (Wildman–Crippen LogP) is 4.02. The quantitative estimate of drug-likeness (QED) is 0.857. The Morgan fingerprint density at radius 3 is 2.78 bits per heavy atom. The highest BCUT2D eigenvalue weighted by Crippen LogP contribution is 2.35. The van der Waals surface area contributed by atoms with E-state index in [1.165, 1.54) is 19.3 Å². The fraction of sp³-hybridized carbons (Fsp3) is 0.600. The summed E-state index contributed by atoms with van der Waals surface area (Å²) in [7, 11) is 0. The first-order chi connectivity index (χ1) is 8.50. The maximum Gasteiger partial charge on any atom is 0.163 e. The second-order valence-corrected chi connectivity index (χ2v) is 5.88. The van der Waals surface area contributed by atoms with Crippen LogP contribution in [0.15, 0.2) is 18.2 Å². The molecule has 1 nitrogen and oxygen atoms in total. The molecule has 1 aliphatic carbocycles. The summed E-state index contributed by atoms with van der Waals surface area (Å²) < 4.78 is 26.6. The van der Waals surface area contributed by atoms with Crippen molar-refractivity contribution in [3.05, 3.63) is 35.4 Å². The Balaban J connectivity index is 2.00. The minimum Gasteiger partial charge on any atom is -0.309 e. The number of nitrogens with one attached hydrogen (secondary N) is 1. The fourth-order valence-corrected chi connectivity index (χ4v) is 2.79. The van der Waals surface area contributed by atoms with Gasteiger partial charge in [0.15, 0.2) is 11.6 Å². The molecule has 0 saturated heterocycles. The zero-order chi connectivity index (χ0) is 13.2. The van der Waals surface area contributed by atoms with Crippen LogP contribution in [0.5, 0.6) is 0 Å². The summed E-state index contributed by atoms with van der Waals surface area (Å²) in [5.74, 6) is -1.49. The van der Waals surface area contributed by atoms with Crippen molar-refractivity contribution >= 4 is 0 Å². The van der Waals surface area contributed by atoms with Crippen LogP contribution in [0, 0.1) is 17.0 Å². The number of hydrogen-bond donors (Lipinski definition) is 1. The van der Waals surface area contributed by atoms with Crippen molar-refractivity contribution in [3.63, 3.8) is 0 Å². The van der Waals surface area contributed by atoms with Crippen molar-refractivity contribution in [3.8, 4) is 0 Å². The SMILES string of the molecule is CC1(C)CCCCC1NCc1cccc(F)c1F. The number of rotatable bonds is 3. The standard InChI is InChI=1S/C15H21F2N/c1-15(2)9-4-3-8-13(15)18-10-11-6-5-7-12(16)14(11)17/h5-7,13,18H,3-4,8-10H2,1-2H3. The van der Waals surface area contributed by atoms with Gasteiger partial charge < -0.3 is 5.32 Å². The van der Waals surface area contributed by atoms with Crippen molar-refractivity contribution in [1.29, 1.82) is 0 Å². The summed E-state index contributed by atoms with van der Waals surface area (Å²) in [6.45, 7) is 4.88. The maximum absolute atomic E-state index is 13.5. The predicted molar refractivity (Wildman–Crippen MR) is 69.2 cm³/mol. The third kappa shape index (κ3) is 2.89. The zero-order valence-electron chi connectivity index (χ0n) is 11.1. The largest absolute Gasteiger partial charge is 0.309 e. The molecule has 1 unspecified atom stereocenters. The second-order valence-electron chi connectivity index (χ2n) is 5.88. The van der Waals surface area contributed by atoms with Gasteiger partial charge in [-0.05, 0) is 24.3 Å². The van der Waals surface area contributed by atoms with Crippen molar-refractivity contribution in [2.75, 3.05) is 0 Å². The average Bonchev–Trinajstić information content (AvgIpc) is 2.32. The van der Waals surface area contributed by atoms with Gasteiger partial charge in [0, 0.05) is 18.2 Å². The number of halogens is 2. The van der Waals surface area contributed by atoms with Gasteiger partial charge >= 0.3 is 0 Å². The van der Waals surface area contributed by atoms with Gasteiger partial charge in [0.1, 0.15) is 0 Å². The summed E-state index contributed by atoms with van der Waals surface area (Å²) in [6.07, 6.45) is 4.78. The molecule has 0 amide bonds. The van der Waals surface area contributed by atoms with Crippen LogP contribution in [0.1, 0.15) is 45.1 Å². The van der Waals surface area contributed by atoms with Crippen LogP contribution >= 0.6 is 0 Å². The minimum atomic E-state index is -0.766. The molecule has 0 spiro atoms. The molecular formula is C15H21F2N. The van der Waals surface area contributed by atoms with Crippen LogP contribution < -0.4 is 5.32 Å². The molecule has 1 atom stereocenters. The van der Waals surface area contributed by atoms with Crippen LogP contribution in [0.2, 0.25) is 0 Å². The molecule has 0 aliphatic heterocycles. The molecule has 0 aromatic heterocycles. The first kappa shape index (κ1) is 13.5. The van der Waals surface area contributed by atoms with Crippen LogP contribution in [-0.4, -0.2) is 6.04 Å². The van der Waals surface area contributed by atoms with Gasteiger partial charge in [-0.3, -0.25) is 0 Å². The van der Waals surface area contributed by atoms with Gasteiger partial charge in [0.05, 0.1) is 0 Å². The van der Waals surface area contributed by atoms with E-state index in [9.17, 15) is 8.78 Å². The van der Waals surface area contributed by atoms with E-state index < -0.39 is 11.6 Å². The van der Waals surface area contributed by atoms with E-state index in [0.717, 1.165) is 12.5 Å². The van der Waals surface area contributed by atoms with E-state index in [2.05, 4.69) is 19.2 Å². The maximum atomic E-state index is 13.5. The first-order valence-corrected chi connectivity index (χ1v) is 6.67. The minimum absolute atomic E-state index is 0.238. The van der Waals surface area contributed by atoms with Gasteiger partial charge in [-0.25, -0.2) is 8.78 Å². The molecule has 100 valence electrons. The van der Waals surface area contributed by atoms with E-state index in [1.54, 1.807) is 12.1 Å². The molecular weight excluding hydrogens is 232 g/mol. The average molecular weight is 253 g/mol. The highest BCUT2D eigenvalue weighted by atomic mass is 19.2. The van der Waals surface area contributed by atoms with Crippen molar-refractivity contribution in [2.45, 2.75) is 52.1 Å². The smallest absolute Gasteiger partial charge is 0.163 e. The summed E-state index contributed by atoms with van der Waals surface area (Å²) in [4.78, 5) is 0. The van der Waals surface area contributed by atoms with Gasteiger partial charge in [-0.15, -0.1) is 0 Å². The number of benzene rings is 1. The Bertz CT molecular complexity index is 415. The highest BCUT2D eigenvalue weighted by Gasteiger charge is 2.31. The molecule has 1 aromatic carbocycles. The lowest BCUT2D eigenvalue weighted by atomic mass is 9.73. The molecule has 1 saturated carbocycles. The summed E-state index contributed by atoms with van der Waals surface area (Å²) in [5.41, 5.74) is 0.651. The molecule has 18 heavy (non-hydrogen) atoms. The molecule has 3 heteroatoms. The Kier molecular flexibility index (Phi) is 4.00. The summed E-state index contributed by atoms with van der Waals surface area (Å²) >= 11 is 0. The molecule has 2 rings (SSSR count). The Hall–Kier alpha value is -0.960. The highest BCUT2D eigenvalue weighted by molar-refractivity contribution is 5.18. The van der Waals surface area contributed by atoms with Gasteiger partial charge in [0.25, 0.3) is 0 Å². The zero-order valence-corrected chi connectivity index (χ0v) is 11.1. The van der Waals surface area contributed by atoms with Crippen molar-refractivity contribution < 1.29 is 8.78 Å². The van der Waals surface area contributed by atoms with E-state index in [0.29, 0.717) is 18.2 Å². The molecule has 1 N–H and O–H groups in total. The molecule has 1 aromatic rings. The normalized spacial score (nSPS) is 23.0. The first-order valence-electron chi connectivity index (χ1n) is 6.67. The summed E-state index contributed by atoms with van der Waals surface area (Å²) in [5, 5.41) is 3.39. The molecule has 1 aliphatic rings. The van der Waals surface area contributed by atoms with Crippen molar-refractivity contribution in [1.82, 2.24) is 5.32 Å². The molecule has 0 radical (unpaired) electrons. The van der Waals surface area contributed by atoms with Crippen LogP contribution in [0.4, 0.5) is 8.78 Å². The Morgan fingerprint density at radius 1 is 1.28 bits per heavy atom. The van der Waals surface area contributed by atoms with Crippen LogP contribution in [0.3, 0.4) is 0 Å². The van der Waals surface area contributed by atoms with E-state index in [1.807, 2.05) is 0 Å². The fourth-order valence-electron chi connectivity index (χ4n) is 2.79.